The number of hydrogen-bond donors (Lipinski definition) is 4. The van der Waals surface area contributed by atoms with Crippen molar-refractivity contribution in [1.82, 2.24) is 0 Å². The zero-order chi connectivity index (χ0) is 11.7. The molecular formula is C12H12N2O2. The number of anilines is 2. The minimum absolute atomic E-state index is 0.0303. The fourth-order valence-corrected chi connectivity index (χ4v) is 1.59. The van der Waals surface area contributed by atoms with Crippen LogP contribution in [-0.4, -0.2) is 10.2 Å². The molecule has 0 saturated heterocycles. The van der Waals surface area contributed by atoms with E-state index in [1.54, 1.807) is 24.3 Å². The molecule has 0 aliphatic heterocycles. The lowest BCUT2D eigenvalue weighted by atomic mass is 10.0. The molecule has 0 aromatic heterocycles. The van der Waals surface area contributed by atoms with E-state index in [1.165, 1.54) is 12.1 Å². The van der Waals surface area contributed by atoms with Crippen molar-refractivity contribution in [2.45, 2.75) is 0 Å². The van der Waals surface area contributed by atoms with Crippen molar-refractivity contribution in [2.24, 2.45) is 0 Å². The third kappa shape index (κ3) is 1.61. The number of benzene rings is 2. The van der Waals surface area contributed by atoms with Gasteiger partial charge in [0.15, 0.2) is 0 Å². The number of phenolic OH excluding ortho intramolecular Hbond substituents is 2. The summed E-state index contributed by atoms with van der Waals surface area (Å²) in [7, 11) is 0. The van der Waals surface area contributed by atoms with Crippen molar-refractivity contribution in [3.63, 3.8) is 0 Å². The molecule has 82 valence electrons. The Morgan fingerprint density at radius 3 is 2.12 bits per heavy atom. The average Bonchev–Trinajstić information content (AvgIpc) is 2.23. The standard InChI is InChI=1S/C12H12N2O2/c13-7-4-5-9(14)8(6-7)12-10(15)2-1-3-11(12)16/h1-6,15-16H,13-14H2. The van der Waals surface area contributed by atoms with Crippen molar-refractivity contribution in [2.75, 3.05) is 11.5 Å². The van der Waals surface area contributed by atoms with Gasteiger partial charge in [0, 0.05) is 16.9 Å². The van der Waals surface area contributed by atoms with Gasteiger partial charge >= 0.3 is 0 Å². The number of aromatic hydroxyl groups is 2. The van der Waals surface area contributed by atoms with E-state index in [1.807, 2.05) is 0 Å². The van der Waals surface area contributed by atoms with Crippen molar-refractivity contribution in [3.8, 4) is 22.6 Å². The third-order valence-corrected chi connectivity index (χ3v) is 2.37. The molecule has 0 saturated carbocycles. The molecule has 2 aromatic rings. The van der Waals surface area contributed by atoms with Crippen molar-refractivity contribution >= 4 is 11.4 Å². The van der Waals surface area contributed by atoms with Crippen LogP contribution in [0.3, 0.4) is 0 Å². The zero-order valence-corrected chi connectivity index (χ0v) is 8.51. The molecule has 0 spiro atoms. The van der Waals surface area contributed by atoms with Gasteiger partial charge in [-0.05, 0) is 30.3 Å². The van der Waals surface area contributed by atoms with Gasteiger partial charge in [0.2, 0.25) is 0 Å². The molecule has 0 amide bonds. The second-order valence-corrected chi connectivity index (χ2v) is 3.52. The molecule has 0 aliphatic rings. The Morgan fingerprint density at radius 1 is 0.875 bits per heavy atom. The highest BCUT2D eigenvalue weighted by Gasteiger charge is 2.12. The second kappa shape index (κ2) is 3.66. The Hall–Kier alpha value is -2.36. The van der Waals surface area contributed by atoms with Gasteiger partial charge in [-0.25, -0.2) is 0 Å². The first-order valence-corrected chi connectivity index (χ1v) is 4.76. The quantitative estimate of drug-likeness (QED) is 0.548. The molecule has 0 heterocycles. The van der Waals surface area contributed by atoms with Crippen LogP contribution in [0.4, 0.5) is 11.4 Å². The van der Waals surface area contributed by atoms with Crippen LogP contribution in [0, 0.1) is 0 Å². The van der Waals surface area contributed by atoms with Crippen LogP contribution in [0.15, 0.2) is 36.4 Å². The topological polar surface area (TPSA) is 92.5 Å². The van der Waals surface area contributed by atoms with E-state index in [2.05, 4.69) is 0 Å². The van der Waals surface area contributed by atoms with E-state index in [9.17, 15) is 10.2 Å². The fourth-order valence-electron chi connectivity index (χ4n) is 1.59. The summed E-state index contributed by atoms with van der Waals surface area (Å²) < 4.78 is 0. The highest BCUT2D eigenvalue weighted by Crippen LogP contribution is 2.40. The van der Waals surface area contributed by atoms with Crippen LogP contribution in [-0.2, 0) is 0 Å². The summed E-state index contributed by atoms with van der Waals surface area (Å²) in [4.78, 5) is 0. The first kappa shape index (κ1) is 10.2. The Morgan fingerprint density at radius 2 is 1.50 bits per heavy atom. The number of nitrogens with two attached hydrogens (primary N) is 2. The second-order valence-electron chi connectivity index (χ2n) is 3.52. The lowest BCUT2D eigenvalue weighted by molar-refractivity contribution is 0.454. The minimum Gasteiger partial charge on any atom is -0.507 e. The lowest BCUT2D eigenvalue weighted by Crippen LogP contribution is -1.93. The number of hydrogen-bond acceptors (Lipinski definition) is 4. The van der Waals surface area contributed by atoms with Gasteiger partial charge in [-0.2, -0.15) is 0 Å². The third-order valence-electron chi connectivity index (χ3n) is 2.37. The first-order valence-electron chi connectivity index (χ1n) is 4.76. The molecule has 2 aromatic carbocycles. The summed E-state index contributed by atoms with van der Waals surface area (Å²) in [6, 6.07) is 9.43. The van der Waals surface area contributed by atoms with E-state index in [0.717, 1.165) is 0 Å². The molecule has 16 heavy (non-hydrogen) atoms. The largest absolute Gasteiger partial charge is 0.507 e. The van der Waals surface area contributed by atoms with Gasteiger partial charge in [-0.15, -0.1) is 0 Å². The van der Waals surface area contributed by atoms with E-state index in [0.29, 0.717) is 22.5 Å². The molecular weight excluding hydrogens is 204 g/mol. The Kier molecular flexibility index (Phi) is 2.32. The van der Waals surface area contributed by atoms with E-state index < -0.39 is 0 Å². The highest BCUT2D eigenvalue weighted by molar-refractivity contribution is 5.86. The van der Waals surface area contributed by atoms with Crippen molar-refractivity contribution < 1.29 is 10.2 Å². The van der Waals surface area contributed by atoms with E-state index in [4.69, 9.17) is 11.5 Å². The maximum atomic E-state index is 9.70. The smallest absolute Gasteiger partial charge is 0.127 e. The van der Waals surface area contributed by atoms with Crippen LogP contribution in [0.2, 0.25) is 0 Å². The molecule has 0 bridgehead atoms. The Labute approximate surface area is 92.8 Å². The van der Waals surface area contributed by atoms with Crippen LogP contribution in [0.1, 0.15) is 0 Å². The number of rotatable bonds is 1. The van der Waals surface area contributed by atoms with Crippen LogP contribution >= 0.6 is 0 Å². The van der Waals surface area contributed by atoms with Gasteiger partial charge in [0.25, 0.3) is 0 Å². The molecule has 0 aliphatic carbocycles. The molecule has 4 heteroatoms. The summed E-state index contributed by atoms with van der Waals surface area (Å²) in [5, 5.41) is 19.4. The monoisotopic (exact) mass is 216 g/mol. The maximum Gasteiger partial charge on any atom is 0.127 e. The van der Waals surface area contributed by atoms with Gasteiger partial charge in [-0.3, -0.25) is 0 Å². The van der Waals surface area contributed by atoms with Crippen LogP contribution < -0.4 is 11.5 Å². The number of nitrogen functional groups attached to an aromatic ring is 2. The Bertz CT molecular complexity index is 518. The van der Waals surface area contributed by atoms with Crippen LogP contribution in [0.5, 0.6) is 11.5 Å². The van der Waals surface area contributed by atoms with Crippen LogP contribution in [0.25, 0.3) is 11.1 Å². The zero-order valence-electron chi connectivity index (χ0n) is 8.51. The summed E-state index contributed by atoms with van der Waals surface area (Å²) >= 11 is 0. The van der Waals surface area contributed by atoms with Gasteiger partial charge in [0.1, 0.15) is 11.5 Å². The fraction of sp³-hybridized carbons (Fsp3) is 0. The highest BCUT2D eigenvalue weighted by atomic mass is 16.3. The molecule has 4 nitrogen and oxygen atoms in total. The predicted molar refractivity (Wildman–Crippen MR) is 64.0 cm³/mol. The first-order chi connectivity index (χ1) is 7.59. The summed E-state index contributed by atoms with van der Waals surface area (Å²) in [5.41, 5.74) is 13.2. The summed E-state index contributed by atoms with van der Waals surface area (Å²) in [6.45, 7) is 0. The maximum absolute atomic E-state index is 9.70. The van der Waals surface area contributed by atoms with E-state index >= 15 is 0 Å². The predicted octanol–water partition coefficient (Wildman–Crippen LogP) is 1.93. The van der Waals surface area contributed by atoms with Crippen molar-refractivity contribution in [3.05, 3.63) is 36.4 Å². The molecule has 0 fully saturated rings. The molecule has 0 unspecified atom stereocenters. The van der Waals surface area contributed by atoms with Crippen molar-refractivity contribution in [1.29, 1.82) is 0 Å². The van der Waals surface area contributed by atoms with Gasteiger partial charge < -0.3 is 21.7 Å². The minimum atomic E-state index is -0.0303. The molecule has 6 N–H and O–H groups in total. The summed E-state index contributed by atoms with van der Waals surface area (Å²) in [5.74, 6) is -0.0606. The number of phenols is 2. The Balaban J connectivity index is 2.72. The lowest BCUT2D eigenvalue weighted by Gasteiger charge is -2.10. The van der Waals surface area contributed by atoms with Gasteiger partial charge in [0.05, 0.1) is 5.56 Å². The average molecular weight is 216 g/mol. The molecule has 0 radical (unpaired) electrons. The van der Waals surface area contributed by atoms with Gasteiger partial charge in [-0.1, -0.05) is 6.07 Å². The molecule has 0 atom stereocenters. The molecule has 2 rings (SSSR count). The SMILES string of the molecule is Nc1ccc(N)c(-c2c(O)cccc2O)c1. The van der Waals surface area contributed by atoms with E-state index in [-0.39, 0.29) is 11.5 Å². The summed E-state index contributed by atoms with van der Waals surface area (Å²) in [6.07, 6.45) is 0. The normalized spacial score (nSPS) is 10.2.